The summed E-state index contributed by atoms with van der Waals surface area (Å²) >= 11 is 4.51. The number of nitrogens with one attached hydrogen (secondary N) is 2. The van der Waals surface area contributed by atoms with Crippen molar-refractivity contribution in [1.29, 1.82) is 0 Å². The molecule has 0 aromatic rings. The lowest BCUT2D eigenvalue weighted by molar-refractivity contribution is -0.196. The van der Waals surface area contributed by atoms with E-state index in [1.165, 1.54) is 0 Å². The van der Waals surface area contributed by atoms with E-state index in [0.717, 1.165) is 0 Å². The maximum absolute atomic E-state index is 9.40. The van der Waals surface area contributed by atoms with Crippen molar-refractivity contribution in [3.05, 3.63) is 0 Å². The second kappa shape index (κ2) is 4.82. The lowest BCUT2D eigenvalue weighted by Gasteiger charge is -2.35. The number of aliphatic hydroxyl groups excluding tert-OH is 3. The third kappa shape index (κ3) is 2.74. The molecule has 1 aliphatic rings. The summed E-state index contributed by atoms with van der Waals surface area (Å²) in [5.41, 5.74) is 9.95. The summed E-state index contributed by atoms with van der Waals surface area (Å²) in [6.45, 7) is -0.0745. The molecule has 8 heteroatoms. The highest BCUT2D eigenvalue weighted by molar-refractivity contribution is 7.80. The van der Waals surface area contributed by atoms with Crippen LogP contribution in [0.1, 0.15) is 0 Å². The maximum atomic E-state index is 9.40. The Hall–Kier alpha value is -0.510. The van der Waals surface area contributed by atoms with Crippen LogP contribution < -0.4 is 16.6 Å². The van der Waals surface area contributed by atoms with Gasteiger partial charge in [-0.05, 0) is 12.2 Å². The van der Waals surface area contributed by atoms with Crippen molar-refractivity contribution in [3.8, 4) is 0 Å². The van der Waals surface area contributed by atoms with E-state index in [4.69, 9.17) is 15.6 Å². The number of hydrogen-bond acceptors (Lipinski definition) is 6. The average molecular weight is 223 g/mol. The maximum Gasteiger partial charge on any atom is 0.178 e. The molecular formula is C6H13N3O4S. The average Bonchev–Trinajstić information content (AvgIpc) is 2.13. The fourth-order valence-electron chi connectivity index (χ4n) is 1.08. The molecule has 0 aliphatic carbocycles. The van der Waals surface area contributed by atoms with Crippen molar-refractivity contribution in [1.82, 2.24) is 10.9 Å². The van der Waals surface area contributed by atoms with Gasteiger partial charge in [0.2, 0.25) is 0 Å². The molecule has 0 amide bonds. The van der Waals surface area contributed by atoms with E-state index in [-0.39, 0.29) is 11.7 Å². The molecular weight excluding hydrogens is 210 g/mol. The first-order valence-corrected chi connectivity index (χ1v) is 4.40. The number of hydrazine groups is 1. The van der Waals surface area contributed by atoms with Gasteiger partial charge in [0.25, 0.3) is 0 Å². The first-order valence-electron chi connectivity index (χ1n) is 3.99. The second-order valence-electron chi connectivity index (χ2n) is 2.94. The zero-order valence-electron chi connectivity index (χ0n) is 7.25. The fraction of sp³-hybridized carbons (Fsp3) is 0.833. The van der Waals surface area contributed by atoms with Gasteiger partial charge >= 0.3 is 0 Å². The first kappa shape index (κ1) is 11.6. The summed E-state index contributed by atoms with van der Waals surface area (Å²) in [5.74, 6) is 0. The van der Waals surface area contributed by atoms with Gasteiger partial charge in [0.1, 0.15) is 18.3 Å². The molecule has 0 aromatic heterocycles. The topological polar surface area (TPSA) is 120 Å². The van der Waals surface area contributed by atoms with Gasteiger partial charge in [-0.15, -0.1) is 0 Å². The van der Waals surface area contributed by atoms with Crippen molar-refractivity contribution < 1.29 is 20.1 Å². The van der Waals surface area contributed by atoms with Gasteiger partial charge in [-0.25, -0.2) is 5.43 Å². The number of nitrogens with two attached hydrogens (primary N) is 1. The standard InChI is InChI=1S/C6H13N3O4S/c7-6(14)9-8-5-4(12)3(11)2(10)1-13-5/h2-5,8,10-12H,1H2,(H3,7,9,14)/t2-,3-,4-,5+/m0/s1. The summed E-state index contributed by atoms with van der Waals surface area (Å²) in [7, 11) is 0. The van der Waals surface area contributed by atoms with E-state index in [0.29, 0.717) is 0 Å². The predicted octanol–water partition coefficient (Wildman–Crippen LogP) is -3.24. The Bertz CT molecular complexity index is 217. The molecule has 0 unspecified atom stereocenters. The molecule has 0 saturated carbocycles. The highest BCUT2D eigenvalue weighted by atomic mass is 32.1. The molecule has 14 heavy (non-hydrogen) atoms. The van der Waals surface area contributed by atoms with Gasteiger partial charge in [0.15, 0.2) is 11.3 Å². The van der Waals surface area contributed by atoms with Gasteiger partial charge in [-0.3, -0.25) is 5.43 Å². The van der Waals surface area contributed by atoms with Crippen molar-refractivity contribution >= 4 is 17.3 Å². The van der Waals surface area contributed by atoms with Crippen LogP contribution in [0.4, 0.5) is 0 Å². The number of ether oxygens (including phenoxy) is 1. The molecule has 4 atom stereocenters. The molecule has 0 bridgehead atoms. The summed E-state index contributed by atoms with van der Waals surface area (Å²) in [4.78, 5) is 0. The minimum absolute atomic E-state index is 0.0126. The van der Waals surface area contributed by atoms with Crippen molar-refractivity contribution in [2.24, 2.45) is 5.73 Å². The molecule has 0 aromatic carbocycles. The number of rotatable bonds is 2. The molecule has 1 fully saturated rings. The largest absolute Gasteiger partial charge is 0.388 e. The Kier molecular flexibility index (Phi) is 3.98. The third-order valence-electron chi connectivity index (χ3n) is 1.84. The van der Waals surface area contributed by atoms with Crippen LogP contribution in [0.2, 0.25) is 0 Å². The third-order valence-corrected chi connectivity index (χ3v) is 1.94. The highest BCUT2D eigenvalue weighted by Crippen LogP contribution is 2.12. The van der Waals surface area contributed by atoms with Gasteiger partial charge in [-0.2, -0.15) is 0 Å². The Morgan fingerprint density at radius 1 is 1.36 bits per heavy atom. The lowest BCUT2D eigenvalue weighted by atomic mass is 10.1. The van der Waals surface area contributed by atoms with Crippen LogP contribution in [-0.2, 0) is 4.74 Å². The van der Waals surface area contributed by atoms with Crippen LogP contribution >= 0.6 is 12.2 Å². The van der Waals surface area contributed by atoms with Crippen LogP contribution in [0.3, 0.4) is 0 Å². The molecule has 7 nitrogen and oxygen atoms in total. The predicted molar refractivity (Wildman–Crippen MR) is 50.8 cm³/mol. The molecule has 7 N–H and O–H groups in total. The smallest absolute Gasteiger partial charge is 0.178 e. The van der Waals surface area contributed by atoms with Crippen molar-refractivity contribution in [2.45, 2.75) is 24.5 Å². The van der Waals surface area contributed by atoms with Crippen LogP contribution in [-0.4, -0.2) is 51.6 Å². The monoisotopic (exact) mass is 223 g/mol. The van der Waals surface area contributed by atoms with E-state index >= 15 is 0 Å². The molecule has 1 aliphatic heterocycles. The van der Waals surface area contributed by atoms with Crippen LogP contribution in [0.15, 0.2) is 0 Å². The fourth-order valence-corrected chi connectivity index (χ4v) is 1.13. The minimum atomic E-state index is -1.26. The Labute approximate surface area is 85.8 Å². The Morgan fingerprint density at radius 3 is 2.57 bits per heavy atom. The zero-order valence-corrected chi connectivity index (χ0v) is 8.07. The Balaban J connectivity index is 2.42. The quantitative estimate of drug-likeness (QED) is 0.213. The molecule has 82 valence electrons. The van der Waals surface area contributed by atoms with Crippen LogP contribution in [0.5, 0.6) is 0 Å². The zero-order chi connectivity index (χ0) is 10.7. The van der Waals surface area contributed by atoms with E-state index < -0.39 is 24.5 Å². The van der Waals surface area contributed by atoms with E-state index in [1.54, 1.807) is 0 Å². The first-order chi connectivity index (χ1) is 6.52. The van der Waals surface area contributed by atoms with Gasteiger partial charge < -0.3 is 25.8 Å². The molecule has 1 saturated heterocycles. The van der Waals surface area contributed by atoms with Crippen LogP contribution in [0, 0.1) is 0 Å². The Morgan fingerprint density at radius 2 is 2.00 bits per heavy atom. The second-order valence-corrected chi connectivity index (χ2v) is 3.38. The van der Waals surface area contributed by atoms with Gasteiger partial charge in [-0.1, -0.05) is 0 Å². The molecule has 1 rings (SSSR count). The summed E-state index contributed by atoms with van der Waals surface area (Å²) in [6.07, 6.45) is -4.46. The molecule has 1 heterocycles. The van der Waals surface area contributed by atoms with E-state index in [1.807, 2.05) is 0 Å². The number of aliphatic hydroxyl groups is 3. The van der Waals surface area contributed by atoms with Gasteiger partial charge in [0, 0.05) is 0 Å². The van der Waals surface area contributed by atoms with Crippen LogP contribution in [0.25, 0.3) is 0 Å². The van der Waals surface area contributed by atoms with Crippen molar-refractivity contribution in [2.75, 3.05) is 6.61 Å². The summed E-state index contributed by atoms with van der Waals surface area (Å²) < 4.78 is 4.97. The highest BCUT2D eigenvalue weighted by Gasteiger charge is 2.37. The van der Waals surface area contributed by atoms with Gasteiger partial charge in [0.05, 0.1) is 6.61 Å². The normalized spacial score (nSPS) is 37.9. The minimum Gasteiger partial charge on any atom is -0.388 e. The van der Waals surface area contributed by atoms with E-state index in [2.05, 4.69) is 23.1 Å². The SMILES string of the molecule is NC(=S)NN[C@@H]1OC[C@H](O)[C@H](O)[C@@H]1O. The molecule has 0 radical (unpaired) electrons. The summed E-state index contributed by atoms with van der Waals surface area (Å²) in [5, 5.41) is 27.8. The molecule has 0 spiro atoms. The van der Waals surface area contributed by atoms with E-state index in [9.17, 15) is 10.2 Å². The number of thiocarbonyl (C=S) groups is 1. The van der Waals surface area contributed by atoms with Crippen molar-refractivity contribution in [3.63, 3.8) is 0 Å². The summed E-state index contributed by atoms with van der Waals surface area (Å²) in [6, 6.07) is 0. The number of hydrogen-bond donors (Lipinski definition) is 6. The lowest BCUT2D eigenvalue weighted by Crippen LogP contribution is -2.61.